The Kier molecular flexibility index (Phi) is 4.13. The van der Waals surface area contributed by atoms with Gasteiger partial charge in [-0.25, -0.2) is 4.39 Å². The zero-order chi connectivity index (χ0) is 15.5. The number of ether oxygens (including phenoxy) is 1. The van der Waals surface area contributed by atoms with E-state index >= 15 is 0 Å². The number of hydrogen-bond donors (Lipinski definition) is 1. The normalized spacial score (nSPS) is 19.2. The number of nitrogens with zero attached hydrogens (tertiary/aromatic N) is 1. The fourth-order valence-corrected chi connectivity index (χ4v) is 2.93. The second-order valence-electron chi connectivity index (χ2n) is 5.53. The van der Waals surface area contributed by atoms with Gasteiger partial charge in [0.15, 0.2) is 6.10 Å². The summed E-state index contributed by atoms with van der Waals surface area (Å²) in [6, 6.07) is 9.86. The number of benzene rings is 1. The van der Waals surface area contributed by atoms with Crippen LogP contribution in [-0.4, -0.2) is 28.4 Å². The maximum Gasteiger partial charge on any atom is 0.263 e. The standard InChI is InChI=1S/C17H19FN2O2/c1-12(22-14-6-2-5-13(18)11-14)17(21)20-10-4-8-16(20)15-7-3-9-19-15/h2-3,5-7,9,11-12,16,19H,4,8,10H2,1H3/t12-,16+/m1/s1. The van der Waals surface area contributed by atoms with Crippen molar-refractivity contribution in [2.24, 2.45) is 0 Å². The Hall–Kier alpha value is -2.30. The minimum Gasteiger partial charge on any atom is -0.481 e. The zero-order valence-electron chi connectivity index (χ0n) is 12.5. The van der Waals surface area contributed by atoms with Gasteiger partial charge in [-0.15, -0.1) is 0 Å². The van der Waals surface area contributed by atoms with Crippen molar-refractivity contribution in [2.75, 3.05) is 6.54 Å². The molecular formula is C17H19FN2O2. The smallest absolute Gasteiger partial charge is 0.263 e. The molecule has 1 N–H and O–H groups in total. The van der Waals surface area contributed by atoms with Crippen LogP contribution >= 0.6 is 0 Å². The third-order valence-corrected chi connectivity index (χ3v) is 3.97. The van der Waals surface area contributed by atoms with Crippen molar-refractivity contribution in [1.82, 2.24) is 9.88 Å². The number of H-pyrrole nitrogens is 1. The molecule has 1 fully saturated rings. The molecule has 5 heteroatoms. The molecule has 0 unspecified atom stereocenters. The highest BCUT2D eigenvalue weighted by Crippen LogP contribution is 2.31. The van der Waals surface area contributed by atoms with Crippen molar-refractivity contribution in [1.29, 1.82) is 0 Å². The molecule has 22 heavy (non-hydrogen) atoms. The zero-order valence-corrected chi connectivity index (χ0v) is 12.5. The van der Waals surface area contributed by atoms with Gasteiger partial charge in [0.2, 0.25) is 0 Å². The van der Waals surface area contributed by atoms with Crippen molar-refractivity contribution < 1.29 is 13.9 Å². The summed E-state index contributed by atoms with van der Waals surface area (Å²) < 4.78 is 18.8. The third-order valence-electron chi connectivity index (χ3n) is 3.97. The SMILES string of the molecule is C[C@@H](Oc1cccc(F)c1)C(=O)N1CCC[C@H]1c1ccc[nH]1. The highest BCUT2D eigenvalue weighted by atomic mass is 19.1. The van der Waals surface area contributed by atoms with Gasteiger partial charge in [0, 0.05) is 24.5 Å². The molecule has 1 aliphatic rings. The number of aromatic amines is 1. The summed E-state index contributed by atoms with van der Waals surface area (Å²) in [6.07, 6.45) is 3.14. The average Bonchev–Trinajstić information content (AvgIpc) is 3.17. The number of nitrogens with one attached hydrogen (secondary N) is 1. The summed E-state index contributed by atoms with van der Waals surface area (Å²) in [4.78, 5) is 17.7. The fraction of sp³-hybridized carbons (Fsp3) is 0.353. The van der Waals surface area contributed by atoms with Crippen molar-refractivity contribution in [3.05, 3.63) is 54.1 Å². The topological polar surface area (TPSA) is 45.3 Å². The van der Waals surface area contributed by atoms with Crippen LogP contribution < -0.4 is 4.74 Å². The molecule has 2 aromatic rings. The van der Waals surface area contributed by atoms with Crippen molar-refractivity contribution in [2.45, 2.75) is 31.9 Å². The van der Waals surface area contributed by atoms with Crippen LogP contribution in [0.15, 0.2) is 42.6 Å². The Bertz CT molecular complexity index is 642. The summed E-state index contributed by atoms with van der Waals surface area (Å²) in [5.74, 6) is -0.0691. The Labute approximate surface area is 128 Å². The molecule has 0 aliphatic carbocycles. The summed E-state index contributed by atoms with van der Waals surface area (Å²) in [6.45, 7) is 2.43. The molecular weight excluding hydrogens is 283 g/mol. The van der Waals surface area contributed by atoms with E-state index in [-0.39, 0.29) is 17.8 Å². The first-order chi connectivity index (χ1) is 10.6. The predicted octanol–water partition coefficient (Wildman–Crippen LogP) is 3.28. The quantitative estimate of drug-likeness (QED) is 0.942. The minimum absolute atomic E-state index is 0.0682. The molecule has 1 aliphatic heterocycles. The lowest BCUT2D eigenvalue weighted by atomic mass is 10.1. The maximum absolute atomic E-state index is 13.2. The van der Waals surface area contributed by atoms with Gasteiger partial charge < -0.3 is 14.6 Å². The van der Waals surface area contributed by atoms with Gasteiger partial charge in [0.05, 0.1) is 6.04 Å². The van der Waals surface area contributed by atoms with E-state index in [0.717, 1.165) is 25.1 Å². The van der Waals surface area contributed by atoms with Gasteiger partial charge in [0.1, 0.15) is 11.6 Å². The number of carbonyl (C=O) groups is 1. The Morgan fingerprint density at radius 1 is 1.41 bits per heavy atom. The molecule has 116 valence electrons. The van der Waals surface area contributed by atoms with Gasteiger partial charge >= 0.3 is 0 Å². The highest BCUT2D eigenvalue weighted by Gasteiger charge is 2.33. The van der Waals surface area contributed by atoms with Gasteiger partial charge in [-0.2, -0.15) is 0 Å². The van der Waals surface area contributed by atoms with E-state index < -0.39 is 6.10 Å². The van der Waals surface area contributed by atoms with Crippen LogP contribution in [-0.2, 0) is 4.79 Å². The lowest BCUT2D eigenvalue weighted by Gasteiger charge is -2.27. The second kappa shape index (κ2) is 6.22. The number of halogens is 1. The summed E-state index contributed by atoms with van der Waals surface area (Å²) in [5.41, 5.74) is 1.05. The van der Waals surface area contributed by atoms with Gasteiger partial charge in [-0.05, 0) is 44.0 Å². The van der Waals surface area contributed by atoms with E-state index in [1.54, 1.807) is 19.1 Å². The van der Waals surface area contributed by atoms with Crippen molar-refractivity contribution in [3.8, 4) is 5.75 Å². The number of hydrogen-bond acceptors (Lipinski definition) is 2. The highest BCUT2D eigenvalue weighted by molar-refractivity contribution is 5.81. The summed E-state index contributed by atoms with van der Waals surface area (Å²) in [7, 11) is 0. The second-order valence-corrected chi connectivity index (χ2v) is 5.53. The van der Waals surface area contributed by atoms with E-state index in [9.17, 15) is 9.18 Å². The van der Waals surface area contributed by atoms with Crippen molar-refractivity contribution in [3.63, 3.8) is 0 Å². The minimum atomic E-state index is -0.641. The summed E-state index contributed by atoms with van der Waals surface area (Å²) in [5, 5.41) is 0. The largest absolute Gasteiger partial charge is 0.481 e. The van der Waals surface area contributed by atoms with E-state index in [2.05, 4.69) is 4.98 Å². The number of carbonyl (C=O) groups excluding carboxylic acids is 1. The summed E-state index contributed by atoms with van der Waals surface area (Å²) >= 11 is 0. The first kappa shape index (κ1) is 14.6. The average molecular weight is 302 g/mol. The molecule has 3 rings (SSSR count). The first-order valence-electron chi connectivity index (χ1n) is 7.51. The number of likely N-dealkylation sites (tertiary alicyclic amines) is 1. The number of rotatable bonds is 4. The van der Waals surface area contributed by atoms with Crippen molar-refractivity contribution >= 4 is 5.91 Å². The van der Waals surface area contributed by atoms with E-state index in [1.165, 1.54) is 12.1 Å². The molecule has 0 bridgehead atoms. The number of amides is 1. The van der Waals surface area contributed by atoms with Crippen LogP contribution in [0.25, 0.3) is 0 Å². The number of aromatic nitrogens is 1. The third kappa shape index (κ3) is 2.98. The fourth-order valence-electron chi connectivity index (χ4n) is 2.93. The Balaban J connectivity index is 1.70. The molecule has 1 aromatic carbocycles. The van der Waals surface area contributed by atoms with Gasteiger partial charge in [-0.1, -0.05) is 6.07 Å². The predicted molar refractivity (Wildman–Crippen MR) is 81.0 cm³/mol. The van der Waals surface area contributed by atoms with Crippen LogP contribution in [0.4, 0.5) is 4.39 Å². The van der Waals surface area contributed by atoms with Crippen LogP contribution in [0.5, 0.6) is 5.75 Å². The molecule has 1 aromatic heterocycles. The maximum atomic E-state index is 13.2. The first-order valence-corrected chi connectivity index (χ1v) is 7.51. The van der Waals surface area contributed by atoms with E-state index in [4.69, 9.17) is 4.74 Å². The Morgan fingerprint density at radius 2 is 2.27 bits per heavy atom. The molecule has 2 heterocycles. The molecule has 0 spiro atoms. The lowest BCUT2D eigenvalue weighted by molar-refractivity contribution is -0.139. The molecule has 0 radical (unpaired) electrons. The molecule has 4 nitrogen and oxygen atoms in total. The van der Waals surface area contributed by atoms with Gasteiger partial charge in [-0.3, -0.25) is 4.79 Å². The Morgan fingerprint density at radius 3 is 3.00 bits per heavy atom. The monoisotopic (exact) mass is 302 g/mol. The molecule has 1 saturated heterocycles. The van der Waals surface area contributed by atoms with E-state index in [1.807, 2.05) is 23.2 Å². The van der Waals surface area contributed by atoms with Crippen LogP contribution in [0.3, 0.4) is 0 Å². The molecule has 0 saturated carbocycles. The van der Waals surface area contributed by atoms with Gasteiger partial charge in [0.25, 0.3) is 5.91 Å². The van der Waals surface area contributed by atoms with Crippen LogP contribution in [0.2, 0.25) is 0 Å². The van der Waals surface area contributed by atoms with Crippen LogP contribution in [0, 0.1) is 5.82 Å². The molecule has 2 atom stereocenters. The molecule has 1 amide bonds. The lowest BCUT2D eigenvalue weighted by Crippen LogP contribution is -2.40. The van der Waals surface area contributed by atoms with E-state index in [0.29, 0.717) is 5.75 Å². The van der Waals surface area contributed by atoms with Crippen LogP contribution in [0.1, 0.15) is 31.5 Å².